The topological polar surface area (TPSA) is 83.7 Å². The molecule has 0 aromatic carbocycles. The minimum atomic E-state index is 0.222. The first-order valence-corrected chi connectivity index (χ1v) is 4.73. The summed E-state index contributed by atoms with van der Waals surface area (Å²) >= 11 is 3.24. The second-order valence-electron chi connectivity index (χ2n) is 3.03. The second kappa shape index (κ2) is 3.09. The van der Waals surface area contributed by atoms with Gasteiger partial charge in [0.05, 0.1) is 0 Å². The van der Waals surface area contributed by atoms with Gasteiger partial charge in [0.2, 0.25) is 5.95 Å². The molecule has 0 fully saturated rings. The van der Waals surface area contributed by atoms with Crippen LogP contribution in [0.25, 0.3) is 11.2 Å². The lowest BCUT2D eigenvalue weighted by atomic mass is 10.4. The molecule has 0 spiro atoms. The Morgan fingerprint density at radius 3 is 2.64 bits per heavy atom. The van der Waals surface area contributed by atoms with E-state index in [0.717, 1.165) is 11.3 Å². The van der Waals surface area contributed by atoms with Crippen LogP contribution >= 0.6 is 15.9 Å². The maximum atomic E-state index is 5.55. The third kappa shape index (κ3) is 1.39. The van der Waals surface area contributed by atoms with Crippen LogP contribution in [0.2, 0.25) is 0 Å². The normalized spacial score (nSPS) is 10.8. The Labute approximate surface area is 88.7 Å². The van der Waals surface area contributed by atoms with Gasteiger partial charge in [0.15, 0.2) is 16.2 Å². The molecule has 0 radical (unpaired) electrons. The number of nitrogens with zero attached hydrogens (tertiary/aromatic N) is 4. The lowest BCUT2D eigenvalue weighted by molar-refractivity contribution is 1.06. The molecule has 0 saturated heterocycles. The van der Waals surface area contributed by atoms with E-state index in [4.69, 9.17) is 5.73 Å². The van der Waals surface area contributed by atoms with Gasteiger partial charge in [-0.2, -0.15) is 9.97 Å². The van der Waals surface area contributed by atoms with Gasteiger partial charge in [-0.3, -0.25) is 0 Å². The monoisotopic (exact) mass is 256 g/mol. The Balaban J connectivity index is 2.79. The second-order valence-corrected chi connectivity index (χ2v) is 3.78. The van der Waals surface area contributed by atoms with Crippen LogP contribution in [0.4, 0.5) is 11.8 Å². The number of imidazole rings is 1. The molecule has 0 unspecified atom stereocenters. The summed E-state index contributed by atoms with van der Waals surface area (Å²) in [4.78, 5) is 17.1. The molecule has 2 heterocycles. The van der Waals surface area contributed by atoms with E-state index in [0.29, 0.717) is 10.4 Å². The number of fused-ring (bicyclic) bond motifs is 1. The molecule has 6 nitrogen and oxygen atoms in total. The van der Waals surface area contributed by atoms with E-state index in [1.165, 1.54) is 0 Å². The van der Waals surface area contributed by atoms with Crippen molar-refractivity contribution in [3.05, 3.63) is 4.73 Å². The predicted octanol–water partition coefficient (Wildman–Crippen LogP) is 0.764. The van der Waals surface area contributed by atoms with Crippen LogP contribution in [-0.2, 0) is 0 Å². The highest BCUT2D eigenvalue weighted by molar-refractivity contribution is 9.10. The highest BCUT2D eigenvalue weighted by Crippen LogP contribution is 2.22. The van der Waals surface area contributed by atoms with Gasteiger partial charge in [-0.15, -0.1) is 0 Å². The Hall–Kier alpha value is -1.37. The molecule has 74 valence electrons. The third-order valence-electron chi connectivity index (χ3n) is 1.74. The van der Waals surface area contributed by atoms with E-state index in [-0.39, 0.29) is 5.95 Å². The molecule has 3 N–H and O–H groups in total. The molecule has 0 aliphatic heterocycles. The first kappa shape index (κ1) is 9.20. The number of halogens is 1. The molecule has 7 heteroatoms. The fraction of sp³-hybridized carbons (Fsp3) is 0.286. The summed E-state index contributed by atoms with van der Waals surface area (Å²) in [6, 6.07) is 0. The number of hydrogen-bond acceptors (Lipinski definition) is 5. The largest absolute Gasteiger partial charge is 0.368 e. The van der Waals surface area contributed by atoms with Gasteiger partial charge in [-0.25, -0.2) is 4.98 Å². The zero-order valence-electron chi connectivity index (χ0n) is 7.74. The third-order valence-corrected chi connectivity index (χ3v) is 2.12. The van der Waals surface area contributed by atoms with E-state index in [1.807, 2.05) is 19.0 Å². The lowest BCUT2D eigenvalue weighted by Crippen LogP contribution is -2.13. The number of nitrogens with one attached hydrogen (secondary N) is 1. The minimum absolute atomic E-state index is 0.222. The first-order valence-electron chi connectivity index (χ1n) is 3.94. The number of H-pyrrole nitrogens is 1. The van der Waals surface area contributed by atoms with E-state index in [9.17, 15) is 0 Å². The first-order chi connectivity index (χ1) is 6.58. The van der Waals surface area contributed by atoms with Crippen molar-refractivity contribution < 1.29 is 0 Å². The predicted molar refractivity (Wildman–Crippen MR) is 58.1 cm³/mol. The number of anilines is 2. The summed E-state index contributed by atoms with van der Waals surface area (Å²) in [5.74, 6) is 0.950. The number of aromatic nitrogens is 4. The lowest BCUT2D eigenvalue weighted by Gasteiger charge is -2.11. The molecular weight excluding hydrogens is 248 g/mol. The summed E-state index contributed by atoms with van der Waals surface area (Å²) < 4.78 is 0.621. The maximum Gasteiger partial charge on any atom is 0.224 e. The van der Waals surface area contributed by atoms with Gasteiger partial charge in [0.1, 0.15) is 5.52 Å². The van der Waals surface area contributed by atoms with Crippen molar-refractivity contribution in [2.24, 2.45) is 0 Å². The van der Waals surface area contributed by atoms with E-state index < -0.39 is 0 Å². The zero-order valence-corrected chi connectivity index (χ0v) is 9.33. The highest BCUT2D eigenvalue weighted by atomic mass is 79.9. The van der Waals surface area contributed by atoms with Crippen LogP contribution in [0.5, 0.6) is 0 Å². The fourth-order valence-electron chi connectivity index (χ4n) is 1.19. The maximum absolute atomic E-state index is 5.55. The number of rotatable bonds is 1. The van der Waals surface area contributed by atoms with Crippen LogP contribution in [0, 0.1) is 0 Å². The molecule has 0 atom stereocenters. The molecule has 2 aromatic heterocycles. The minimum Gasteiger partial charge on any atom is -0.368 e. The van der Waals surface area contributed by atoms with Crippen LogP contribution in [0.3, 0.4) is 0 Å². The summed E-state index contributed by atoms with van der Waals surface area (Å²) in [6.45, 7) is 0. The number of aromatic amines is 1. The smallest absolute Gasteiger partial charge is 0.224 e. The highest BCUT2D eigenvalue weighted by Gasteiger charge is 2.11. The van der Waals surface area contributed by atoms with Crippen molar-refractivity contribution in [2.45, 2.75) is 0 Å². The number of nitrogen functional groups attached to an aromatic ring is 1. The number of hydrogen-bond donors (Lipinski definition) is 2. The molecule has 0 aliphatic carbocycles. The summed E-state index contributed by atoms with van der Waals surface area (Å²) in [7, 11) is 3.77. The Kier molecular flexibility index (Phi) is 2.03. The molecule has 0 saturated carbocycles. The number of nitrogens with two attached hydrogens (primary N) is 1. The molecular formula is C7H9BrN6. The van der Waals surface area contributed by atoms with Crippen LogP contribution in [0.15, 0.2) is 4.73 Å². The Morgan fingerprint density at radius 1 is 1.29 bits per heavy atom. The standard InChI is InChI=1S/C7H9BrN6/c1-14(2)5-3-4(11-6(8)10-3)12-7(9)13-5/h1-2H3,(H3,9,10,11,12,13). The van der Waals surface area contributed by atoms with Gasteiger partial charge >= 0.3 is 0 Å². The van der Waals surface area contributed by atoms with Crippen molar-refractivity contribution in [3.8, 4) is 0 Å². The average molecular weight is 257 g/mol. The van der Waals surface area contributed by atoms with Crippen LogP contribution in [-0.4, -0.2) is 34.0 Å². The van der Waals surface area contributed by atoms with Gasteiger partial charge < -0.3 is 15.6 Å². The van der Waals surface area contributed by atoms with Crippen molar-refractivity contribution in [3.63, 3.8) is 0 Å². The van der Waals surface area contributed by atoms with Crippen molar-refractivity contribution in [1.82, 2.24) is 19.9 Å². The van der Waals surface area contributed by atoms with E-state index in [1.54, 1.807) is 0 Å². The average Bonchev–Trinajstić information content (AvgIpc) is 2.42. The van der Waals surface area contributed by atoms with E-state index >= 15 is 0 Å². The van der Waals surface area contributed by atoms with Crippen molar-refractivity contribution >= 4 is 38.9 Å². The quantitative estimate of drug-likeness (QED) is 0.737. The Bertz CT molecular complexity index is 476. The van der Waals surface area contributed by atoms with Gasteiger partial charge in [-0.1, -0.05) is 0 Å². The van der Waals surface area contributed by atoms with Gasteiger partial charge in [-0.05, 0) is 15.9 Å². The molecule has 0 aliphatic rings. The molecule has 2 rings (SSSR count). The van der Waals surface area contributed by atoms with Gasteiger partial charge in [0, 0.05) is 14.1 Å². The van der Waals surface area contributed by atoms with Crippen molar-refractivity contribution in [1.29, 1.82) is 0 Å². The SMILES string of the molecule is CN(C)c1nc(N)nc2nc(Br)[nH]c12. The molecule has 2 aromatic rings. The summed E-state index contributed by atoms with van der Waals surface area (Å²) in [5, 5.41) is 0. The zero-order chi connectivity index (χ0) is 10.3. The summed E-state index contributed by atoms with van der Waals surface area (Å²) in [6.07, 6.45) is 0. The van der Waals surface area contributed by atoms with Crippen LogP contribution < -0.4 is 10.6 Å². The van der Waals surface area contributed by atoms with Crippen molar-refractivity contribution in [2.75, 3.05) is 24.7 Å². The van der Waals surface area contributed by atoms with Gasteiger partial charge in [0.25, 0.3) is 0 Å². The molecule has 14 heavy (non-hydrogen) atoms. The van der Waals surface area contributed by atoms with E-state index in [2.05, 4.69) is 35.9 Å². The fourth-order valence-corrected chi connectivity index (χ4v) is 1.56. The molecule has 0 amide bonds. The summed E-state index contributed by atoms with van der Waals surface area (Å²) in [5.41, 5.74) is 6.89. The Morgan fingerprint density at radius 2 is 2.00 bits per heavy atom. The molecule has 0 bridgehead atoms. The van der Waals surface area contributed by atoms with Crippen LogP contribution in [0.1, 0.15) is 0 Å².